The van der Waals surface area contributed by atoms with Gasteiger partial charge in [0.2, 0.25) is 5.91 Å². The molecule has 0 spiro atoms. The van der Waals surface area contributed by atoms with Gasteiger partial charge in [0.15, 0.2) is 0 Å². The second-order valence-corrected chi connectivity index (χ2v) is 8.25. The van der Waals surface area contributed by atoms with Gasteiger partial charge in [-0.3, -0.25) is 10.2 Å². The van der Waals surface area contributed by atoms with E-state index < -0.39 is 0 Å². The Bertz CT molecular complexity index is 430. The molecule has 116 valence electrons. The zero-order valence-electron chi connectivity index (χ0n) is 12.6. The third-order valence-electron chi connectivity index (χ3n) is 3.55. The Morgan fingerprint density at radius 3 is 2.81 bits per heavy atom. The highest BCUT2D eigenvalue weighted by atomic mass is 33.1. The van der Waals surface area contributed by atoms with Gasteiger partial charge in [-0.25, -0.2) is 5.43 Å². The van der Waals surface area contributed by atoms with E-state index in [1.54, 1.807) is 0 Å². The van der Waals surface area contributed by atoms with Crippen LogP contribution in [-0.2, 0) is 11.3 Å². The van der Waals surface area contributed by atoms with Crippen molar-refractivity contribution in [3.63, 3.8) is 0 Å². The lowest BCUT2D eigenvalue weighted by Crippen LogP contribution is -2.36. The lowest BCUT2D eigenvalue weighted by Gasteiger charge is -2.09. The van der Waals surface area contributed by atoms with E-state index in [0.717, 1.165) is 18.1 Å². The Balaban J connectivity index is 1.50. The summed E-state index contributed by atoms with van der Waals surface area (Å²) in [5, 5.41) is 0.817. The van der Waals surface area contributed by atoms with Gasteiger partial charge in [0.05, 0.1) is 0 Å². The molecule has 0 aromatic heterocycles. The molecule has 0 radical (unpaired) electrons. The Kier molecular flexibility index (Phi) is 7.47. The monoisotopic (exact) mass is 324 g/mol. The summed E-state index contributed by atoms with van der Waals surface area (Å²) in [6.45, 7) is 2.74. The average molecular weight is 325 g/mol. The number of rotatable bonds is 8. The van der Waals surface area contributed by atoms with Crippen molar-refractivity contribution in [1.29, 1.82) is 0 Å². The largest absolute Gasteiger partial charge is 0.291 e. The molecule has 0 saturated carbocycles. The van der Waals surface area contributed by atoms with Crippen LogP contribution in [-0.4, -0.2) is 16.9 Å². The van der Waals surface area contributed by atoms with E-state index in [2.05, 4.69) is 42.0 Å². The number of aryl methyl sites for hydroxylation is 1. The molecule has 1 aromatic carbocycles. The van der Waals surface area contributed by atoms with Gasteiger partial charge in [-0.2, -0.15) is 0 Å². The fourth-order valence-electron chi connectivity index (χ4n) is 2.24. The van der Waals surface area contributed by atoms with Gasteiger partial charge in [-0.05, 0) is 31.7 Å². The number of hydrogen-bond acceptors (Lipinski definition) is 4. The number of nitrogens with one attached hydrogen (secondary N) is 2. The van der Waals surface area contributed by atoms with Crippen LogP contribution in [0.15, 0.2) is 24.3 Å². The molecule has 1 amide bonds. The van der Waals surface area contributed by atoms with Crippen LogP contribution in [0.3, 0.4) is 0 Å². The summed E-state index contributed by atoms with van der Waals surface area (Å²) in [5.74, 6) is 1.38. The van der Waals surface area contributed by atoms with Crippen LogP contribution in [0.25, 0.3) is 0 Å². The number of unbranched alkanes of at least 4 members (excludes halogenated alkanes) is 1. The summed E-state index contributed by atoms with van der Waals surface area (Å²) < 4.78 is 0. The predicted octanol–water partition coefficient (Wildman–Crippen LogP) is 3.83. The zero-order chi connectivity index (χ0) is 14.9. The minimum atomic E-state index is 0.0931. The van der Waals surface area contributed by atoms with Crippen LogP contribution in [0.1, 0.15) is 43.2 Å². The van der Waals surface area contributed by atoms with Gasteiger partial charge in [0.1, 0.15) is 0 Å². The molecule has 1 fully saturated rings. The smallest absolute Gasteiger partial charge is 0.234 e. The molecule has 0 aliphatic carbocycles. The van der Waals surface area contributed by atoms with Crippen molar-refractivity contribution in [3.8, 4) is 0 Å². The molecular weight excluding hydrogens is 300 g/mol. The first kappa shape index (κ1) is 16.7. The van der Waals surface area contributed by atoms with Crippen LogP contribution in [0.2, 0.25) is 0 Å². The molecule has 1 aliphatic heterocycles. The average Bonchev–Trinajstić information content (AvgIpc) is 2.99. The first-order chi connectivity index (χ1) is 10.2. The fourth-order valence-corrected chi connectivity index (χ4v) is 5.26. The topological polar surface area (TPSA) is 41.1 Å². The molecule has 1 unspecified atom stereocenters. The summed E-state index contributed by atoms with van der Waals surface area (Å²) >= 11 is 0. The predicted molar refractivity (Wildman–Crippen MR) is 93.1 cm³/mol. The van der Waals surface area contributed by atoms with E-state index >= 15 is 0 Å². The van der Waals surface area contributed by atoms with E-state index in [-0.39, 0.29) is 5.91 Å². The lowest BCUT2D eigenvalue weighted by atomic mass is 10.1. The first-order valence-corrected chi connectivity index (χ1v) is 9.98. The van der Waals surface area contributed by atoms with Crippen LogP contribution in [0.4, 0.5) is 0 Å². The van der Waals surface area contributed by atoms with Crippen molar-refractivity contribution in [2.45, 2.75) is 50.8 Å². The number of amides is 1. The Hall–Kier alpha value is -0.650. The van der Waals surface area contributed by atoms with Gasteiger partial charge >= 0.3 is 0 Å². The number of hydrazine groups is 1. The normalized spacial score (nSPS) is 17.9. The van der Waals surface area contributed by atoms with Gasteiger partial charge < -0.3 is 0 Å². The van der Waals surface area contributed by atoms with E-state index in [1.807, 2.05) is 21.6 Å². The molecule has 1 saturated heterocycles. The molecule has 2 N–H and O–H groups in total. The summed E-state index contributed by atoms with van der Waals surface area (Å²) in [5.41, 5.74) is 8.20. The van der Waals surface area contributed by atoms with Crippen LogP contribution >= 0.6 is 21.6 Å². The van der Waals surface area contributed by atoms with E-state index in [1.165, 1.54) is 29.7 Å². The Morgan fingerprint density at radius 2 is 2.10 bits per heavy atom. The molecule has 1 heterocycles. The molecule has 5 heteroatoms. The molecular formula is C16H24N2OS2. The number of benzene rings is 1. The second kappa shape index (κ2) is 9.38. The summed E-state index contributed by atoms with van der Waals surface area (Å²) in [6.07, 6.45) is 5.34. The minimum absolute atomic E-state index is 0.0931. The third-order valence-corrected chi connectivity index (χ3v) is 6.55. The number of carbonyl (C=O) groups excluding carboxylic acids is 1. The fraction of sp³-hybridized carbons (Fsp3) is 0.562. The maximum atomic E-state index is 11.7. The van der Waals surface area contributed by atoms with Crippen LogP contribution < -0.4 is 10.9 Å². The van der Waals surface area contributed by atoms with Gasteiger partial charge in [0, 0.05) is 24.0 Å². The van der Waals surface area contributed by atoms with Crippen molar-refractivity contribution in [2.75, 3.05) is 5.75 Å². The summed E-state index contributed by atoms with van der Waals surface area (Å²) in [6, 6.07) is 8.31. The van der Waals surface area contributed by atoms with Crippen molar-refractivity contribution >= 4 is 27.5 Å². The van der Waals surface area contributed by atoms with Crippen molar-refractivity contribution in [1.82, 2.24) is 10.9 Å². The van der Waals surface area contributed by atoms with E-state index in [0.29, 0.717) is 13.0 Å². The highest BCUT2D eigenvalue weighted by Crippen LogP contribution is 2.39. The Morgan fingerprint density at radius 1 is 1.29 bits per heavy atom. The number of hydrogen-bond donors (Lipinski definition) is 2. The maximum Gasteiger partial charge on any atom is 0.234 e. The van der Waals surface area contributed by atoms with Crippen molar-refractivity contribution in [2.24, 2.45) is 0 Å². The summed E-state index contributed by atoms with van der Waals surface area (Å²) in [7, 11) is 4.00. The third kappa shape index (κ3) is 6.76. The molecule has 1 atom stereocenters. The maximum absolute atomic E-state index is 11.7. The van der Waals surface area contributed by atoms with Gasteiger partial charge in [-0.1, -0.05) is 57.8 Å². The van der Waals surface area contributed by atoms with E-state index in [4.69, 9.17) is 0 Å². The molecule has 21 heavy (non-hydrogen) atoms. The Labute approximate surface area is 135 Å². The lowest BCUT2D eigenvalue weighted by molar-refractivity contribution is -0.122. The van der Waals surface area contributed by atoms with Gasteiger partial charge in [0.25, 0.3) is 0 Å². The van der Waals surface area contributed by atoms with Crippen molar-refractivity contribution < 1.29 is 4.79 Å². The quantitative estimate of drug-likeness (QED) is 0.433. The highest BCUT2D eigenvalue weighted by molar-refractivity contribution is 8.77. The zero-order valence-corrected chi connectivity index (χ0v) is 14.2. The molecule has 2 rings (SSSR count). The molecule has 1 aromatic rings. The first-order valence-electron chi connectivity index (χ1n) is 7.59. The standard InChI is InChI=1S/C16H24N2OS2/c1-13-6-8-14(9-7-13)12-17-18-16(19)5-3-2-4-15-10-11-20-21-15/h6-9,15,17H,2-5,10-12H2,1H3,(H,18,19). The van der Waals surface area contributed by atoms with Crippen LogP contribution in [0.5, 0.6) is 0 Å². The summed E-state index contributed by atoms with van der Waals surface area (Å²) in [4.78, 5) is 11.7. The molecule has 3 nitrogen and oxygen atoms in total. The van der Waals surface area contributed by atoms with Gasteiger partial charge in [-0.15, -0.1) is 0 Å². The molecule has 0 bridgehead atoms. The number of carbonyl (C=O) groups is 1. The second-order valence-electron chi connectivity index (χ2n) is 5.46. The van der Waals surface area contributed by atoms with Crippen LogP contribution in [0, 0.1) is 6.92 Å². The molecule has 1 aliphatic rings. The van der Waals surface area contributed by atoms with Crippen molar-refractivity contribution in [3.05, 3.63) is 35.4 Å². The SMILES string of the molecule is Cc1ccc(CNNC(=O)CCCCC2CCSS2)cc1. The minimum Gasteiger partial charge on any atom is -0.291 e. The highest BCUT2D eigenvalue weighted by Gasteiger charge is 2.15. The van der Waals surface area contributed by atoms with E-state index in [9.17, 15) is 4.79 Å².